The van der Waals surface area contributed by atoms with Crippen molar-refractivity contribution in [1.82, 2.24) is 5.32 Å². The predicted molar refractivity (Wildman–Crippen MR) is 87.7 cm³/mol. The molecule has 1 N–H and O–H groups in total. The Hall–Kier alpha value is -2.44. The fourth-order valence-corrected chi connectivity index (χ4v) is 2.78. The molecule has 7 nitrogen and oxygen atoms in total. The predicted octanol–water partition coefficient (Wildman–Crippen LogP) is 2.90. The summed E-state index contributed by atoms with van der Waals surface area (Å²) in [5.41, 5.74) is 0.369. The van der Waals surface area contributed by atoms with E-state index >= 15 is 0 Å². The number of benzene rings is 1. The number of hydrogen-bond acceptors (Lipinski definition) is 5. The van der Waals surface area contributed by atoms with Crippen molar-refractivity contribution in [1.29, 1.82) is 0 Å². The van der Waals surface area contributed by atoms with Crippen LogP contribution in [0.1, 0.15) is 54.9 Å². The number of carbonyl (C=O) groups excluding carboxylic acids is 2. The molecule has 130 valence electrons. The average molecular weight is 334 g/mol. The van der Waals surface area contributed by atoms with E-state index in [4.69, 9.17) is 4.74 Å². The molecule has 1 unspecified atom stereocenters. The number of nitro benzene ring substituents is 1. The summed E-state index contributed by atoms with van der Waals surface area (Å²) in [6.07, 6.45) is 4.30. The molecule has 1 aliphatic rings. The Morgan fingerprint density at radius 3 is 2.58 bits per heavy atom. The standard InChI is InChI=1S/C17H22N2O5/c1-11-8-9-13(10-15(11)19(22)23)17(21)24-12(2)16(20)18-14-6-4-3-5-7-14/h8-10,12,14H,3-7H2,1-2H3,(H,18,20). The zero-order chi connectivity index (χ0) is 17.7. The molecule has 1 amide bonds. The number of amides is 1. The molecule has 1 atom stereocenters. The van der Waals surface area contributed by atoms with Crippen LogP contribution >= 0.6 is 0 Å². The molecule has 1 aromatic carbocycles. The van der Waals surface area contributed by atoms with Crippen molar-refractivity contribution in [3.63, 3.8) is 0 Å². The van der Waals surface area contributed by atoms with Crippen LogP contribution < -0.4 is 5.32 Å². The number of hydrogen-bond donors (Lipinski definition) is 1. The quantitative estimate of drug-likeness (QED) is 0.507. The Labute approximate surface area is 140 Å². The summed E-state index contributed by atoms with van der Waals surface area (Å²) in [4.78, 5) is 34.6. The van der Waals surface area contributed by atoms with E-state index in [0.29, 0.717) is 5.56 Å². The lowest BCUT2D eigenvalue weighted by molar-refractivity contribution is -0.385. The molecule has 0 spiro atoms. The highest BCUT2D eigenvalue weighted by atomic mass is 16.6. The second-order valence-corrected chi connectivity index (χ2v) is 6.15. The van der Waals surface area contributed by atoms with Crippen molar-refractivity contribution in [3.05, 3.63) is 39.4 Å². The molecule has 0 aliphatic heterocycles. The van der Waals surface area contributed by atoms with Gasteiger partial charge in [-0.25, -0.2) is 4.79 Å². The molecule has 1 aliphatic carbocycles. The van der Waals surface area contributed by atoms with E-state index in [1.165, 1.54) is 31.5 Å². The summed E-state index contributed by atoms with van der Waals surface area (Å²) in [5, 5.41) is 13.8. The first kappa shape index (κ1) is 17.9. The maximum atomic E-state index is 12.1. The van der Waals surface area contributed by atoms with Gasteiger partial charge in [0.05, 0.1) is 10.5 Å². The lowest BCUT2D eigenvalue weighted by atomic mass is 9.95. The zero-order valence-electron chi connectivity index (χ0n) is 13.9. The maximum absolute atomic E-state index is 12.1. The van der Waals surface area contributed by atoms with Crippen LogP contribution in [0.25, 0.3) is 0 Å². The van der Waals surface area contributed by atoms with Gasteiger partial charge in [-0.3, -0.25) is 14.9 Å². The number of nitrogens with one attached hydrogen (secondary N) is 1. The van der Waals surface area contributed by atoms with Crippen LogP contribution in [0.3, 0.4) is 0 Å². The third-order valence-electron chi connectivity index (χ3n) is 4.25. The number of nitrogens with zero attached hydrogens (tertiary/aromatic N) is 1. The number of esters is 1. The first-order chi connectivity index (χ1) is 11.4. The van der Waals surface area contributed by atoms with Crippen LogP contribution in [0.15, 0.2) is 18.2 Å². The van der Waals surface area contributed by atoms with Gasteiger partial charge in [0.1, 0.15) is 0 Å². The molecular formula is C17H22N2O5. The fourth-order valence-electron chi connectivity index (χ4n) is 2.78. The molecule has 24 heavy (non-hydrogen) atoms. The molecule has 1 fully saturated rings. The minimum absolute atomic E-state index is 0.0598. The van der Waals surface area contributed by atoms with Crippen molar-refractivity contribution >= 4 is 17.6 Å². The van der Waals surface area contributed by atoms with Crippen molar-refractivity contribution in [2.45, 2.75) is 58.1 Å². The normalized spacial score (nSPS) is 16.2. The SMILES string of the molecule is Cc1ccc(C(=O)OC(C)C(=O)NC2CCCCC2)cc1[N+](=O)[O-]. The Bertz CT molecular complexity index is 638. The number of rotatable bonds is 5. The Morgan fingerprint density at radius 1 is 1.29 bits per heavy atom. The van der Waals surface area contributed by atoms with Crippen LogP contribution in [-0.4, -0.2) is 28.9 Å². The van der Waals surface area contributed by atoms with Gasteiger partial charge in [0.15, 0.2) is 6.10 Å². The number of nitro groups is 1. The zero-order valence-corrected chi connectivity index (χ0v) is 13.9. The molecule has 0 radical (unpaired) electrons. The molecule has 2 rings (SSSR count). The van der Waals surface area contributed by atoms with Crippen molar-refractivity contribution < 1.29 is 19.2 Å². The number of ether oxygens (including phenoxy) is 1. The summed E-state index contributed by atoms with van der Waals surface area (Å²) >= 11 is 0. The minimum atomic E-state index is -0.945. The van der Waals surface area contributed by atoms with E-state index in [9.17, 15) is 19.7 Å². The van der Waals surface area contributed by atoms with E-state index in [1.54, 1.807) is 6.92 Å². The molecule has 0 aromatic heterocycles. The smallest absolute Gasteiger partial charge is 0.339 e. The van der Waals surface area contributed by atoms with Gasteiger partial charge in [0, 0.05) is 17.7 Å². The first-order valence-corrected chi connectivity index (χ1v) is 8.15. The van der Waals surface area contributed by atoms with E-state index in [-0.39, 0.29) is 23.2 Å². The van der Waals surface area contributed by atoms with E-state index in [1.807, 2.05) is 0 Å². The molecule has 1 saturated carbocycles. The van der Waals surface area contributed by atoms with Gasteiger partial charge < -0.3 is 10.1 Å². The average Bonchev–Trinajstić information content (AvgIpc) is 2.55. The highest BCUT2D eigenvalue weighted by Gasteiger charge is 2.24. The second-order valence-electron chi connectivity index (χ2n) is 6.15. The summed E-state index contributed by atoms with van der Waals surface area (Å²) < 4.78 is 5.14. The van der Waals surface area contributed by atoms with E-state index < -0.39 is 17.0 Å². The van der Waals surface area contributed by atoms with Gasteiger partial charge in [-0.05, 0) is 32.8 Å². The summed E-state index contributed by atoms with van der Waals surface area (Å²) in [5.74, 6) is -1.08. The van der Waals surface area contributed by atoms with E-state index in [2.05, 4.69) is 5.32 Å². The molecule has 1 aromatic rings. The fraction of sp³-hybridized carbons (Fsp3) is 0.529. The van der Waals surface area contributed by atoms with E-state index in [0.717, 1.165) is 25.7 Å². The number of carbonyl (C=O) groups is 2. The lowest BCUT2D eigenvalue weighted by Gasteiger charge is -2.24. The molecular weight excluding hydrogens is 312 g/mol. The Balaban J connectivity index is 1.96. The monoisotopic (exact) mass is 334 g/mol. The van der Waals surface area contributed by atoms with Gasteiger partial charge >= 0.3 is 5.97 Å². The molecule has 0 heterocycles. The second kappa shape index (κ2) is 7.90. The summed E-state index contributed by atoms with van der Waals surface area (Å²) in [6.45, 7) is 3.09. The van der Waals surface area contributed by atoms with Crippen molar-refractivity contribution in [3.8, 4) is 0 Å². The Kier molecular flexibility index (Phi) is 5.89. The minimum Gasteiger partial charge on any atom is -0.449 e. The summed E-state index contributed by atoms with van der Waals surface area (Å²) in [6, 6.07) is 4.24. The first-order valence-electron chi connectivity index (χ1n) is 8.15. The third-order valence-corrected chi connectivity index (χ3v) is 4.25. The van der Waals surface area contributed by atoms with Crippen LogP contribution in [-0.2, 0) is 9.53 Å². The van der Waals surface area contributed by atoms with Crippen LogP contribution in [0.5, 0.6) is 0 Å². The highest BCUT2D eigenvalue weighted by Crippen LogP contribution is 2.20. The highest BCUT2D eigenvalue weighted by molar-refractivity contribution is 5.93. The van der Waals surface area contributed by atoms with Crippen LogP contribution in [0.4, 0.5) is 5.69 Å². The number of aryl methyl sites for hydroxylation is 1. The topological polar surface area (TPSA) is 98.5 Å². The van der Waals surface area contributed by atoms with Gasteiger partial charge in [0.2, 0.25) is 0 Å². The van der Waals surface area contributed by atoms with Crippen molar-refractivity contribution in [2.24, 2.45) is 0 Å². The van der Waals surface area contributed by atoms with Crippen molar-refractivity contribution in [2.75, 3.05) is 0 Å². The van der Waals surface area contributed by atoms with Gasteiger partial charge in [-0.1, -0.05) is 25.3 Å². The maximum Gasteiger partial charge on any atom is 0.339 e. The van der Waals surface area contributed by atoms with Crippen LogP contribution in [0, 0.1) is 17.0 Å². The van der Waals surface area contributed by atoms with Gasteiger partial charge in [-0.2, -0.15) is 0 Å². The summed E-state index contributed by atoms with van der Waals surface area (Å²) in [7, 11) is 0. The molecule has 0 saturated heterocycles. The molecule has 7 heteroatoms. The van der Waals surface area contributed by atoms with Gasteiger partial charge in [-0.15, -0.1) is 0 Å². The Morgan fingerprint density at radius 2 is 1.96 bits per heavy atom. The molecule has 0 bridgehead atoms. The third kappa shape index (κ3) is 4.53. The van der Waals surface area contributed by atoms with Gasteiger partial charge in [0.25, 0.3) is 11.6 Å². The largest absolute Gasteiger partial charge is 0.449 e. The van der Waals surface area contributed by atoms with Crippen LogP contribution in [0.2, 0.25) is 0 Å². The lowest BCUT2D eigenvalue weighted by Crippen LogP contribution is -2.42.